The molecule has 0 amide bonds. The number of hydrogen-bond donors (Lipinski definition) is 1. The third kappa shape index (κ3) is 3.08. The van der Waals surface area contributed by atoms with Gasteiger partial charge in [0.25, 0.3) is 0 Å². The maximum atomic E-state index is 3.70. The Morgan fingerprint density at radius 2 is 2.00 bits per heavy atom. The van der Waals surface area contributed by atoms with Crippen molar-refractivity contribution in [2.75, 3.05) is 26.2 Å². The summed E-state index contributed by atoms with van der Waals surface area (Å²) in [6, 6.07) is 9.43. The second-order valence-corrected chi connectivity index (χ2v) is 4.77. The summed E-state index contributed by atoms with van der Waals surface area (Å²) in [4.78, 5) is 2.47. The number of fused-ring (bicyclic) bond motifs is 1. The molecule has 2 heteroatoms. The fraction of sp³-hybridized carbons (Fsp3) is 0.600. The standard InChI is InChI=1S/C15H24N2/c1-3-17(4-2)12-11-16-15-10-9-13-7-5-6-8-14(13)15/h5-8,15-16H,3-4,9-12H2,1-2H3. The van der Waals surface area contributed by atoms with Gasteiger partial charge in [0, 0.05) is 19.1 Å². The molecule has 1 aliphatic rings. The Labute approximate surface area is 105 Å². The van der Waals surface area contributed by atoms with Crippen molar-refractivity contribution < 1.29 is 0 Å². The van der Waals surface area contributed by atoms with Crippen LogP contribution in [0.3, 0.4) is 0 Å². The van der Waals surface area contributed by atoms with Gasteiger partial charge in [-0.2, -0.15) is 0 Å². The van der Waals surface area contributed by atoms with Crippen molar-refractivity contribution in [3.05, 3.63) is 35.4 Å². The lowest BCUT2D eigenvalue weighted by molar-refractivity contribution is 0.296. The lowest BCUT2D eigenvalue weighted by Gasteiger charge is -2.20. The average molecular weight is 232 g/mol. The molecule has 0 radical (unpaired) electrons. The van der Waals surface area contributed by atoms with Crippen molar-refractivity contribution >= 4 is 0 Å². The zero-order valence-corrected chi connectivity index (χ0v) is 11.1. The van der Waals surface area contributed by atoms with Gasteiger partial charge in [0.05, 0.1) is 0 Å². The van der Waals surface area contributed by atoms with Crippen molar-refractivity contribution in [1.29, 1.82) is 0 Å². The SMILES string of the molecule is CCN(CC)CCNC1CCc2ccccc21. The van der Waals surface area contributed by atoms with E-state index in [4.69, 9.17) is 0 Å². The highest BCUT2D eigenvalue weighted by Crippen LogP contribution is 2.30. The minimum atomic E-state index is 0.585. The molecule has 1 N–H and O–H groups in total. The molecule has 2 nitrogen and oxygen atoms in total. The summed E-state index contributed by atoms with van der Waals surface area (Å²) in [5.74, 6) is 0. The van der Waals surface area contributed by atoms with Gasteiger partial charge in [-0.15, -0.1) is 0 Å². The lowest BCUT2D eigenvalue weighted by atomic mass is 10.1. The molecule has 2 rings (SSSR count). The van der Waals surface area contributed by atoms with Crippen LogP contribution in [0.15, 0.2) is 24.3 Å². The molecule has 0 spiro atoms. The van der Waals surface area contributed by atoms with Crippen molar-refractivity contribution in [2.24, 2.45) is 0 Å². The summed E-state index contributed by atoms with van der Waals surface area (Å²) >= 11 is 0. The van der Waals surface area contributed by atoms with E-state index >= 15 is 0 Å². The highest BCUT2D eigenvalue weighted by atomic mass is 15.1. The maximum Gasteiger partial charge on any atom is 0.0326 e. The van der Waals surface area contributed by atoms with Crippen LogP contribution in [-0.4, -0.2) is 31.1 Å². The zero-order valence-electron chi connectivity index (χ0n) is 11.1. The fourth-order valence-electron chi connectivity index (χ4n) is 2.71. The first kappa shape index (κ1) is 12.6. The van der Waals surface area contributed by atoms with Crippen LogP contribution in [0.25, 0.3) is 0 Å². The molecule has 0 aliphatic heterocycles. The molecule has 0 aromatic heterocycles. The normalized spacial score (nSPS) is 18.6. The molecule has 1 aliphatic carbocycles. The van der Waals surface area contributed by atoms with Crippen molar-refractivity contribution in [1.82, 2.24) is 10.2 Å². The summed E-state index contributed by atoms with van der Waals surface area (Å²) in [6.07, 6.45) is 2.50. The maximum absolute atomic E-state index is 3.70. The molecule has 0 fully saturated rings. The van der Waals surface area contributed by atoms with Gasteiger partial charge in [0.15, 0.2) is 0 Å². The van der Waals surface area contributed by atoms with Gasteiger partial charge in [-0.05, 0) is 37.1 Å². The van der Waals surface area contributed by atoms with Crippen molar-refractivity contribution in [2.45, 2.75) is 32.7 Å². The summed E-state index contributed by atoms with van der Waals surface area (Å²) < 4.78 is 0. The molecular formula is C15H24N2. The molecule has 1 aromatic carbocycles. The zero-order chi connectivity index (χ0) is 12.1. The van der Waals surface area contributed by atoms with Crippen LogP contribution in [0.4, 0.5) is 0 Å². The van der Waals surface area contributed by atoms with E-state index in [1.165, 1.54) is 24.0 Å². The lowest BCUT2D eigenvalue weighted by Crippen LogP contribution is -2.33. The van der Waals surface area contributed by atoms with E-state index < -0.39 is 0 Å². The molecule has 94 valence electrons. The first-order chi connectivity index (χ1) is 8.35. The summed E-state index contributed by atoms with van der Waals surface area (Å²) in [5.41, 5.74) is 3.06. The molecule has 1 unspecified atom stereocenters. The molecule has 17 heavy (non-hydrogen) atoms. The van der Waals surface area contributed by atoms with Crippen LogP contribution in [0.5, 0.6) is 0 Å². The number of nitrogens with one attached hydrogen (secondary N) is 1. The summed E-state index contributed by atoms with van der Waals surface area (Å²) in [5, 5.41) is 3.70. The number of aryl methyl sites for hydroxylation is 1. The van der Waals surface area contributed by atoms with E-state index in [-0.39, 0.29) is 0 Å². The predicted octanol–water partition coefficient (Wildman–Crippen LogP) is 2.61. The van der Waals surface area contributed by atoms with Gasteiger partial charge < -0.3 is 10.2 Å². The number of nitrogens with zero attached hydrogens (tertiary/aromatic N) is 1. The van der Waals surface area contributed by atoms with Crippen molar-refractivity contribution in [3.63, 3.8) is 0 Å². The van der Waals surface area contributed by atoms with Crippen LogP contribution < -0.4 is 5.32 Å². The topological polar surface area (TPSA) is 15.3 Å². The van der Waals surface area contributed by atoms with Crippen LogP contribution in [-0.2, 0) is 6.42 Å². The first-order valence-electron chi connectivity index (χ1n) is 6.88. The number of benzene rings is 1. The van der Waals surface area contributed by atoms with Gasteiger partial charge in [-0.1, -0.05) is 38.1 Å². The monoisotopic (exact) mass is 232 g/mol. The third-order valence-electron chi connectivity index (χ3n) is 3.85. The first-order valence-corrected chi connectivity index (χ1v) is 6.88. The van der Waals surface area contributed by atoms with Crippen LogP contribution in [0.2, 0.25) is 0 Å². The average Bonchev–Trinajstić information content (AvgIpc) is 2.78. The molecular weight excluding hydrogens is 208 g/mol. The molecule has 0 heterocycles. The van der Waals surface area contributed by atoms with Crippen molar-refractivity contribution in [3.8, 4) is 0 Å². The van der Waals surface area contributed by atoms with E-state index in [1.54, 1.807) is 0 Å². The fourth-order valence-corrected chi connectivity index (χ4v) is 2.71. The summed E-state index contributed by atoms with van der Waals surface area (Å²) in [6.45, 7) is 9.02. The number of likely N-dealkylation sites (N-methyl/N-ethyl adjacent to an activating group) is 1. The second-order valence-electron chi connectivity index (χ2n) is 4.77. The van der Waals surface area contributed by atoms with Gasteiger partial charge >= 0.3 is 0 Å². The predicted molar refractivity (Wildman–Crippen MR) is 73.3 cm³/mol. The van der Waals surface area contributed by atoms with Crippen LogP contribution in [0.1, 0.15) is 37.4 Å². The molecule has 1 atom stereocenters. The Kier molecular flexibility index (Phi) is 4.57. The summed E-state index contributed by atoms with van der Waals surface area (Å²) in [7, 11) is 0. The van der Waals surface area contributed by atoms with Gasteiger partial charge in [0.2, 0.25) is 0 Å². The highest BCUT2D eigenvalue weighted by molar-refractivity contribution is 5.34. The van der Waals surface area contributed by atoms with Gasteiger partial charge in [-0.25, -0.2) is 0 Å². The van der Waals surface area contributed by atoms with Crippen LogP contribution >= 0.6 is 0 Å². The smallest absolute Gasteiger partial charge is 0.0326 e. The minimum Gasteiger partial charge on any atom is -0.309 e. The van der Waals surface area contributed by atoms with Gasteiger partial charge in [0.1, 0.15) is 0 Å². The number of hydrogen-bond acceptors (Lipinski definition) is 2. The molecule has 0 saturated heterocycles. The Hall–Kier alpha value is -0.860. The van der Waals surface area contributed by atoms with Crippen LogP contribution in [0, 0.1) is 0 Å². The third-order valence-corrected chi connectivity index (χ3v) is 3.85. The highest BCUT2D eigenvalue weighted by Gasteiger charge is 2.20. The Bertz CT molecular complexity index is 345. The second kappa shape index (κ2) is 6.18. The van der Waals surface area contributed by atoms with Gasteiger partial charge in [-0.3, -0.25) is 0 Å². The van der Waals surface area contributed by atoms with E-state index in [0.717, 1.165) is 26.2 Å². The number of rotatable bonds is 6. The van der Waals surface area contributed by atoms with E-state index in [1.807, 2.05) is 0 Å². The molecule has 0 saturated carbocycles. The van der Waals surface area contributed by atoms with E-state index in [0.29, 0.717) is 6.04 Å². The van der Waals surface area contributed by atoms with E-state index in [2.05, 4.69) is 48.3 Å². The Morgan fingerprint density at radius 3 is 2.76 bits per heavy atom. The quantitative estimate of drug-likeness (QED) is 0.811. The minimum absolute atomic E-state index is 0.585. The largest absolute Gasteiger partial charge is 0.309 e. The molecule has 1 aromatic rings. The van der Waals surface area contributed by atoms with E-state index in [9.17, 15) is 0 Å². The Morgan fingerprint density at radius 1 is 1.24 bits per heavy atom. The molecule has 0 bridgehead atoms. The Balaban J connectivity index is 1.82.